The number of halogens is 2. The van der Waals surface area contributed by atoms with Gasteiger partial charge in [-0.25, -0.2) is 4.79 Å². The summed E-state index contributed by atoms with van der Waals surface area (Å²) in [6.07, 6.45) is 2.11. The van der Waals surface area contributed by atoms with E-state index >= 15 is 4.39 Å². The average Bonchev–Trinajstić information content (AvgIpc) is 3.63. The number of hydrogen-bond acceptors (Lipinski definition) is 7. The number of carbonyl (C=O) groups excluding carboxylic acids is 1. The minimum atomic E-state index is -0.493. The monoisotopic (exact) mass is 604 g/mol. The van der Waals surface area contributed by atoms with Gasteiger partial charge in [0.2, 0.25) is 0 Å². The summed E-state index contributed by atoms with van der Waals surface area (Å²) in [5, 5.41) is 3.83. The minimum Gasteiger partial charge on any atom is -0.438 e. The van der Waals surface area contributed by atoms with Crippen LogP contribution in [0, 0.1) is 12.7 Å². The first-order valence-corrected chi connectivity index (χ1v) is 14.9. The number of benzene rings is 2. The number of aromatic nitrogens is 2. The van der Waals surface area contributed by atoms with Gasteiger partial charge in [-0.2, -0.15) is 0 Å². The molecule has 1 amide bonds. The summed E-state index contributed by atoms with van der Waals surface area (Å²) in [6, 6.07) is 7.42. The van der Waals surface area contributed by atoms with E-state index in [4.69, 9.17) is 9.47 Å². The zero-order valence-corrected chi connectivity index (χ0v) is 22.6. The molecule has 0 aliphatic carbocycles. The van der Waals surface area contributed by atoms with Crippen molar-refractivity contribution in [3.8, 4) is 5.75 Å². The van der Waals surface area contributed by atoms with Crippen molar-refractivity contribution < 1.29 is 39.9 Å². The fraction of sp³-hybridized carbons (Fsp3) is 0.423. The maximum atomic E-state index is 15.3. The molecule has 3 aliphatic heterocycles. The molecule has 3 aromatic rings. The van der Waals surface area contributed by atoms with Gasteiger partial charge in [-0.15, -0.1) is 0 Å². The predicted octanol–water partition coefficient (Wildman–Crippen LogP) is 1.39. The molecule has 190 valence electrons. The minimum absolute atomic E-state index is 0.192. The summed E-state index contributed by atoms with van der Waals surface area (Å²) >= 11 is 0.192. The molecule has 36 heavy (non-hydrogen) atoms. The van der Waals surface area contributed by atoms with Crippen LogP contribution in [0.5, 0.6) is 5.75 Å². The standard InChI is InChI=1S/C26H28FIN5O3/c1-4-7-32-11-26(12-32)13-33(25(34)36-26)21-8-17-20(9-22(21)35-3)29-14-30-24(17)31-19-6-5-16(18-10-28-18)15(2)23(19)27/h5-6,8-9,14,18H,4,7,10-13H2,1-3H3,(H,29,30,31)/q-1. The second-order valence-corrected chi connectivity index (χ2v) is 12.9. The molecule has 2 aromatic carbocycles. The molecule has 6 rings (SSSR count). The summed E-state index contributed by atoms with van der Waals surface area (Å²) in [5.74, 6) is 0.731. The molecule has 0 bridgehead atoms. The van der Waals surface area contributed by atoms with Crippen molar-refractivity contribution in [3.05, 3.63) is 47.5 Å². The van der Waals surface area contributed by atoms with Gasteiger partial charge in [-0.05, 0) is 13.0 Å². The molecule has 10 heteroatoms. The third-order valence-electron chi connectivity index (χ3n) is 7.09. The number of amides is 1. The second kappa shape index (κ2) is 8.98. The van der Waals surface area contributed by atoms with Crippen LogP contribution in [0.4, 0.5) is 26.4 Å². The fourth-order valence-electron chi connectivity index (χ4n) is 5.24. The van der Waals surface area contributed by atoms with E-state index in [0.717, 1.165) is 31.6 Å². The van der Waals surface area contributed by atoms with Gasteiger partial charge >= 0.3 is 160 Å². The van der Waals surface area contributed by atoms with Crippen LogP contribution in [0.3, 0.4) is 0 Å². The molecule has 1 N–H and O–H groups in total. The molecule has 0 saturated carbocycles. The summed E-state index contributed by atoms with van der Waals surface area (Å²) in [6.45, 7) is 6.88. The molecule has 1 unspecified atom stereocenters. The number of likely N-dealkylation sites (tertiary alicyclic amines) is 1. The van der Waals surface area contributed by atoms with E-state index in [0.29, 0.717) is 49.9 Å². The number of nitrogens with zero attached hydrogens (tertiary/aromatic N) is 4. The Labute approximate surface area is 219 Å². The molecule has 1 aromatic heterocycles. The van der Waals surface area contributed by atoms with Gasteiger partial charge in [0.05, 0.1) is 7.11 Å². The Morgan fingerprint density at radius 1 is 1.28 bits per heavy atom. The molecular formula is C26H28FIN5O3-. The Bertz CT molecular complexity index is 1360. The molecule has 4 heterocycles. The van der Waals surface area contributed by atoms with Crippen molar-refractivity contribution in [2.24, 2.45) is 0 Å². The van der Waals surface area contributed by atoms with Crippen LogP contribution in [-0.4, -0.2) is 64.3 Å². The van der Waals surface area contributed by atoms with Gasteiger partial charge in [-0.1, -0.05) is 6.92 Å². The summed E-state index contributed by atoms with van der Waals surface area (Å²) in [5.41, 5.74) is 2.92. The quantitative estimate of drug-likeness (QED) is 0.323. The van der Waals surface area contributed by atoms with Crippen molar-refractivity contribution in [3.63, 3.8) is 0 Å². The second-order valence-electron chi connectivity index (χ2n) is 9.65. The zero-order chi connectivity index (χ0) is 25.0. The first-order valence-electron chi connectivity index (χ1n) is 12.1. The molecule has 1 atom stereocenters. The molecule has 1 spiro atoms. The topological polar surface area (TPSA) is 79.8 Å². The van der Waals surface area contributed by atoms with Crippen molar-refractivity contribution in [1.29, 1.82) is 0 Å². The molecular weight excluding hydrogens is 576 g/mol. The Balaban J connectivity index is 1.34. The first-order chi connectivity index (χ1) is 17.4. The van der Waals surface area contributed by atoms with Crippen LogP contribution >= 0.6 is 0 Å². The number of anilines is 3. The average molecular weight is 604 g/mol. The first kappa shape index (κ1) is 23.7. The predicted molar refractivity (Wildman–Crippen MR) is 131 cm³/mol. The summed E-state index contributed by atoms with van der Waals surface area (Å²) in [7, 11) is 1.57. The van der Waals surface area contributed by atoms with Gasteiger partial charge < -0.3 is 4.74 Å². The maximum absolute atomic E-state index is 15.3. The molecule has 8 nitrogen and oxygen atoms in total. The normalized spacial score (nSPS) is 20.7. The summed E-state index contributed by atoms with van der Waals surface area (Å²) in [4.78, 5) is 25.6. The van der Waals surface area contributed by atoms with E-state index in [2.05, 4.69) is 27.1 Å². The molecule has 0 radical (unpaired) electrons. The molecule has 3 saturated heterocycles. The van der Waals surface area contributed by atoms with Gasteiger partial charge in [0.25, 0.3) is 0 Å². The third-order valence-corrected chi connectivity index (χ3v) is 9.52. The van der Waals surface area contributed by atoms with E-state index in [9.17, 15) is 4.79 Å². The van der Waals surface area contributed by atoms with E-state index < -0.39 is 11.7 Å². The Morgan fingerprint density at radius 3 is 2.81 bits per heavy atom. The van der Waals surface area contributed by atoms with Crippen molar-refractivity contribution in [1.82, 2.24) is 14.9 Å². The SMILES string of the molecule is CCCN1CC2(C1)CN(c1cc3c(Nc4ccc(C5C[I-]5)c(C)c4F)ncnc3cc1OC)C(=O)O2. The van der Waals surface area contributed by atoms with Crippen LogP contribution in [-0.2, 0) is 4.74 Å². The number of rotatable bonds is 7. The van der Waals surface area contributed by atoms with E-state index in [1.54, 1.807) is 24.1 Å². The van der Waals surface area contributed by atoms with Crippen molar-refractivity contribution >= 4 is 34.2 Å². The van der Waals surface area contributed by atoms with Crippen LogP contribution in [0.25, 0.3) is 10.9 Å². The van der Waals surface area contributed by atoms with E-state index in [1.165, 1.54) is 10.8 Å². The Hall–Kier alpha value is -2.73. The van der Waals surface area contributed by atoms with Crippen molar-refractivity contribution in [2.45, 2.75) is 29.8 Å². The van der Waals surface area contributed by atoms with E-state index in [-0.39, 0.29) is 27.0 Å². The van der Waals surface area contributed by atoms with Crippen LogP contribution in [0.1, 0.15) is 28.4 Å². The fourth-order valence-corrected chi connectivity index (χ4v) is 7.12. The number of carbonyl (C=O) groups is 1. The number of hydrogen-bond donors (Lipinski definition) is 1. The number of fused-ring (bicyclic) bond motifs is 1. The molecule has 3 fully saturated rings. The van der Waals surface area contributed by atoms with Crippen LogP contribution in [0.2, 0.25) is 0 Å². The Kier molecular flexibility index (Phi) is 5.90. The smallest absolute Gasteiger partial charge is 0.438 e. The van der Waals surface area contributed by atoms with Gasteiger partial charge in [-0.3, -0.25) is 4.90 Å². The van der Waals surface area contributed by atoms with Gasteiger partial charge in [0, 0.05) is 13.1 Å². The zero-order valence-electron chi connectivity index (χ0n) is 20.5. The molecule has 3 aliphatic rings. The Morgan fingerprint density at radius 2 is 2.08 bits per heavy atom. The number of alkyl halides is 2. The van der Waals surface area contributed by atoms with Gasteiger partial charge in [0.1, 0.15) is 0 Å². The number of nitrogens with one attached hydrogen (secondary N) is 1. The van der Waals surface area contributed by atoms with E-state index in [1.807, 2.05) is 19.1 Å². The van der Waals surface area contributed by atoms with Gasteiger partial charge in [0.15, 0.2) is 5.60 Å². The summed E-state index contributed by atoms with van der Waals surface area (Å²) < 4.78 is 28.5. The van der Waals surface area contributed by atoms with Crippen LogP contribution < -0.4 is 36.2 Å². The van der Waals surface area contributed by atoms with Crippen LogP contribution in [0.15, 0.2) is 30.6 Å². The third kappa shape index (κ3) is 4.03. The number of ether oxygens (including phenoxy) is 2. The number of methoxy groups -OCH3 is 1. The van der Waals surface area contributed by atoms with Crippen molar-refractivity contribution in [2.75, 3.05) is 47.9 Å².